The number of anilines is 2. The summed E-state index contributed by atoms with van der Waals surface area (Å²) >= 11 is 9.38. The molecular weight excluding hydrogens is 509 g/mol. The fourth-order valence-corrected chi connectivity index (χ4v) is 5.68. The number of hydrazine groups is 1. The van der Waals surface area contributed by atoms with Crippen molar-refractivity contribution >= 4 is 54.8 Å². The monoisotopic (exact) mass is 523 g/mol. The van der Waals surface area contributed by atoms with E-state index in [1.807, 2.05) is 0 Å². The van der Waals surface area contributed by atoms with Crippen molar-refractivity contribution in [2.45, 2.75) is 16.8 Å². The molecule has 0 saturated heterocycles. The molecule has 2 N–H and O–H groups in total. The molecule has 1 amide bonds. The molecule has 0 spiro atoms. The van der Waals surface area contributed by atoms with Gasteiger partial charge in [0.05, 0.1) is 21.2 Å². The van der Waals surface area contributed by atoms with Gasteiger partial charge < -0.3 is 5.32 Å². The first kappa shape index (κ1) is 21.8. The van der Waals surface area contributed by atoms with E-state index < -0.39 is 26.7 Å². The van der Waals surface area contributed by atoms with Crippen LogP contribution in [-0.2, 0) is 10.0 Å². The molecule has 1 atom stereocenters. The lowest BCUT2D eigenvalue weighted by Crippen LogP contribution is -2.38. The molecule has 160 valence electrons. The van der Waals surface area contributed by atoms with E-state index in [0.29, 0.717) is 11.3 Å². The van der Waals surface area contributed by atoms with Crippen molar-refractivity contribution in [1.29, 1.82) is 0 Å². The number of nitrogens with one attached hydrogen (secondary N) is 2. The maximum Gasteiger partial charge on any atom is 0.277 e. The molecule has 1 heterocycles. The summed E-state index contributed by atoms with van der Waals surface area (Å²) in [6, 6.07) is 15.3. The number of alkyl halides is 1. The third-order valence-corrected chi connectivity index (χ3v) is 7.37. The van der Waals surface area contributed by atoms with Crippen LogP contribution >= 0.6 is 27.5 Å². The summed E-state index contributed by atoms with van der Waals surface area (Å²) < 4.78 is 41.6. The number of benzene rings is 3. The lowest BCUT2D eigenvalue weighted by Gasteiger charge is -2.20. The Bertz CT molecular complexity index is 1280. The number of hydrogen-bond acceptors (Lipinski definition) is 4. The molecule has 1 aliphatic rings. The van der Waals surface area contributed by atoms with E-state index in [-0.39, 0.29) is 21.2 Å². The average molecular weight is 525 g/mol. The third kappa shape index (κ3) is 4.06. The number of fused-ring (bicyclic) bond motifs is 1. The van der Waals surface area contributed by atoms with E-state index in [1.165, 1.54) is 24.3 Å². The predicted molar refractivity (Wildman–Crippen MR) is 121 cm³/mol. The number of carbonyl (C=O) groups is 1. The smallest absolute Gasteiger partial charge is 0.277 e. The highest BCUT2D eigenvalue weighted by molar-refractivity contribution is 9.09. The predicted octanol–water partition coefficient (Wildman–Crippen LogP) is 5.15. The number of rotatable bonds is 4. The zero-order valence-corrected chi connectivity index (χ0v) is 19.2. The van der Waals surface area contributed by atoms with Crippen LogP contribution in [0.2, 0.25) is 5.02 Å². The molecule has 3 aromatic carbocycles. The minimum atomic E-state index is -3.92. The van der Waals surface area contributed by atoms with E-state index in [4.69, 9.17) is 11.6 Å². The minimum absolute atomic E-state index is 0.0236. The molecule has 3 aromatic rings. The molecule has 31 heavy (non-hydrogen) atoms. The summed E-state index contributed by atoms with van der Waals surface area (Å²) in [6.45, 7) is 1.80. The highest BCUT2D eigenvalue weighted by Crippen LogP contribution is 2.40. The van der Waals surface area contributed by atoms with Gasteiger partial charge in [-0.25, -0.2) is 9.82 Å². The second kappa shape index (κ2) is 8.23. The SMILES string of the molecule is Cc1cccc(S(=O)(=O)N2NC(Br)c3ccc(NC(=O)c4c(F)cccc4Cl)cc32)c1. The molecule has 6 nitrogen and oxygen atoms in total. The van der Waals surface area contributed by atoms with Crippen LogP contribution in [0.1, 0.15) is 26.4 Å². The van der Waals surface area contributed by atoms with Crippen LogP contribution in [0, 0.1) is 12.7 Å². The second-order valence-corrected chi connectivity index (χ2v) is 10.0. The fraction of sp³-hybridized carbons (Fsp3) is 0.0952. The van der Waals surface area contributed by atoms with Crippen molar-refractivity contribution in [1.82, 2.24) is 5.43 Å². The molecule has 1 unspecified atom stereocenters. The molecule has 0 saturated carbocycles. The topological polar surface area (TPSA) is 78.5 Å². The number of hydrogen-bond donors (Lipinski definition) is 2. The van der Waals surface area contributed by atoms with Gasteiger partial charge in [-0.2, -0.15) is 12.8 Å². The van der Waals surface area contributed by atoms with E-state index >= 15 is 0 Å². The minimum Gasteiger partial charge on any atom is -0.322 e. The Morgan fingerprint density at radius 2 is 1.90 bits per heavy atom. The standard InChI is InChI=1S/C21H16BrClFN3O3S/c1-12-4-2-5-14(10-12)31(29,30)27-18-11-13(8-9-15(18)20(22)26-27)25-21(28)19-16(23)6-3-7-17(19)24/h2-11,20,26H,1H3,(H,25,28). The summed E-state index contributed by atoms with van der Waals surface area (Å²) in [5, 5.41) is 2.55. The van der Waals surface area contributed by atoms with Gasteiger partial charge >= 0.3 is 0 Å². The first-order chi connectivity index (χ1) is 14.7. The van der Waals surface area contributed by atoms with E-state index in [2.05, 4.69) is 26.7 Å². The average Bonchev–Trinajstić information content (AvgIpc) is 3.04. The first-order valence-electron chi connectivity index (χ1n) is 9.10. The van der Waals surface area contributed by atoms with Gasteiger partial charge in [0.25, 0.3) is 15.9 Å². The first-order valence-corrected chi connectivity index (χ1v) is 11.8. The van der Waals surface area contributed by atoms with E-state index in [1.54, 1.807) is 37.3 Å². The Kier molecular flexibility index (Phi) is 5.78. The van der Waals surface area contributed by atoms with Crippen LogP contribution in [0.3, 0.4) is 0 Å². The Morgan fingerprint density at radius 1 is 1.16 bits per heavy atom. The van der Waals surface area contributed by atoms with Crippen LogP contribution in [0.15, 0.2) is 65.6 Å². The molecule has 10 heteroatoms. The number of halogens is 3. The number of amides is 1. The van der Waals surface area contributed by atoms with Crippen LogP contribution in [0.5, 0.6) is 0 Å². The number of aryl methyl sites for hydroxylation is 1. The maximum atomic E-state index is 14.1. The van der Waals surface area contributed by atoms with Crippen molar-refractivity contribution in [2.75, 3.05) is 9.73 Å². The van der Waals surface area contributed by atoms with E-state index in [0.717, 1.165) is 16.0 Å². The van der Waals surface area contributed by atoms with Gasteiger partial charge in [0.2, 0.25) is 0 Å². The summed E-state index contributed by atoms with van der Waals surface area (Å²) in [5.41, 5.74) is 4.68. The Morgan fingerprint density at radius 3 is 2.61 bits per heavy atom. The molecule has 0 radical (unpaired) electrons. The lowest BCUT2D eigenvalue weighted by molar-refractivity contribution is 0.102. The summed E-state index contributed by atoms with van der Waals surface area (Å²) in [4.78, 5) is 12.2. The summed E-state index contributed by atoms with van der Waals surface area (Å²) in [7, 11) is -3.92. The largest absolute Gasteiger partial charge is 0.322 e. The van der Waals surface area contributed by atoms with Crippen molar-refractivity contribution in [3.05, 3.63) is 88.2 Å². The number of nitrogens with zero attached hydrogens (tertiary/aromatic N) is 1. The third-order valence-electron chi connectivity index (χ3n) is 4.73. The molecule has 0 bridgehead atoms. The molecule has 4 rings (SSSR count). The number of carbonyl (C=O) groups excluding carboxylic acids is 1. The van der Waals surface area contributed by atoms with Gasteiger partial charge in [-0.3, -0.25) is 4.79 Å². The molecule has 0 aliphatic carbocycles. The Hall–Kier alpha value is -2.46. The second-order valence-electron chi connectivity index (χ2n) is 6.90. The number of sulfonamides is 1. The van der Waals surface area contributed by atoms with Gasteiger partial charge in [-0.1, -0.05) is 51.8 Å². The van der Waals surface area contributed by atoms with Gasteiger partial charge in [-0.05, 0) is 48.9 Å². The van der Waals surface area contributed by atoms with Gasteiger partial charge in [0.15, 0.2) is 0 Å². The summed E-state index contributed by atoms with van der Waals surface area (Å²) in [5.74, 6) is -1.49. The van der Waals surface area contributed by atoms with Gasteiger partial charge in [0, 0.05) is 11.3 Å². The lowest BCUT2D eigenvalue weighted by atomic mass is 10.1. The molecular formula is C21H16BrClFN3O3S. The fourth-order valence-electron chi connectivity index (χ4n) is 3.24. The highest BCUT2D eigenvalue weighted by atomic mass is 79.9. The maximum absolute atomic E-state index is 14.1. The Balaban J connectivity index is 1.70. The van der Waals surface area contributed by atoms with E-state index in [9.17, 15) is 17.6 Å². The van der Waals surface area contributed by atoms with Crippen molar-refractivity contribution in [3.8, 4) is 0 Å². The zero-order valence-electron chi connectivity index (χ0n) is 16.1. The quantitative estimate of drug-likeness (QED) is 0.366. The normalized spacial score (nSPS) is 15.6. The van der Waals surface area contributed by atoms with Gasteiger partial charge in [0.1, 0.15) is 10.8 Å². The molecule has 0 aromatic heterocycles. The highest BCUT2D eigenvalue weighted by Gasteiger charge is 2.36. The van der Waals surface area contributed by atoms with Crippen molar-refractivity contribution in [3.63, 3.8) is 0 Å². The van der Waals surface area contributed by atoms with Crippen LogP contribution in [0.25, 0.3) is 0 Å². The Labute approximate surface area is 192 Å². The summed E-state index contributed by atoms with van der Waals surface area (Å²) in [6.07, 6.45) is 0. The van der Waals surface area contributed by atoms with Crippen LogP contribution in [0.4, 0.5) is 15.8 Å². The van der Waals surface area contributed by atoms with Crippen LogP contribution in [-0.4, -0.2) is 14.3 Å². The van der Waals surface area contributed by atoms with Crippen molar-refractivity contribution < 1.29 is 17.6 Å². The molecule has 1 aliphatic heterocycles. The van der Waals surface area contributed by atoms with Crippen molar-refractivity contribution in [2.24, 2.45) is 0 Å². The molecule has 0 fully saturated rings. The zero-order chi connectivity index (χ0) is 22.3. The van der Waals surface area contributed by atoms with Gasteiger partial charge in [-0.15, -0.1) is 0 Å². The van der Waals surface area contributed by atoms with Crippen LogP contribution < -0.4 is 15.2 Å².